The summed E-state index contributed by atoms with van der Waals surface area (Å²) in [7, 11) is -3.56. The molecule has 9 heteroatoms. The van der Waals surface area contributed by atoms with Crippen LogP contribution < -0.4 is 4.74 Å². The average Bonchev–Trinajstić information content (AvgIpc) is 3.07. The van der Waals surface area contributed by atoms with E-state index in [1.165, 1.54) is 0 Å². The quantitative estimate of drug-likeness (QED) is 0.873. The van der Waals surface area contributed by atoms with Crippen LogP contribution in [0, 0.1) is 20.8 Å². The summed E-state index contributed by atoms with van der Waals surface area (Å²) in [5.74, 6) is 0.498. The van der Waals surface area contributed by atoms with Gasteiger partial charge in [0.25, 0.3) is 0 Å². The van der Waals surface area contributed by atoms with Crippen LogP contribution in [0.15, 0.2) is 17.0 Å². The second kappa shape index (κ2) is 6.31. The molecule has 1 unspecified atom stereocenters. The van der Waals surface area contributed by atoms with Crippen molar-refractivity contribution in [1.82, 2.24) is 24.7 Å². The second-order valence-corrected chi connectivity index (χ2v) is 8.99. The van der Waals surface area contributed by atoms with Crippen molar-refractivity contribution in [3.63, 3.8) is 0 Å². The Morgan fingerprint density at radius 1 is 1.12 bits per heavy atom. The Balaban J connectivity index is 1.55. The van der Waals surface area contributed by atoms with Gasteiger partial charge in [-0.25, -0.2) is 8.42 Å². The summed E-state index contributed by atoms with van der Waals surface area (Å²) in [4.78, 5) is 0.318. The SMILES string of the molecule is Cc1ccc(OC2C[C@H]3CC[C@@H](C2)N3S(=O)(=O)c2c(C)n[nH]c2C)nn1. The summed E-state index contributed by atoms with van der Waals surface area (Å²) < 4.78 is 34.2. The zero-order valence-corrected chi connectivity index (χ0v) is 16.0. The maximum atomic E-state index is 13.3. The monoisotopic (exact) mass is 377 g/mol. The Morgan fingerprint density at radius 3 is 2.35 bits per heavy atom. The number of hydrogen-bond donors (Lipinski definition) is 1. The molecule has 2 bridgehead atoms. The van der Waals surface area contributed by atoms with Gasteiger partial charge in [-0.3, -0.25) is 5.10 Å². The molecule has 140 valence electrons. The van der Waals surface area contributed by atoms with Gasteiger partial charge < -0.3 is 4.74 Å². The van der Waals surface area contributed by atoms with Crippen molar-refractivity contribution in [3.8, 4) is 5.88 Å². The van der Waals surface area contributed by atoms with Crippen molar-refractivity contribution in [2.75, 3.05) is 0 Å². The second-order valence-electron chi connectivity index (χ2n) is 7.21. The van der Waals surface area contributed by atoms with Crippen LogP contribution in [0.25, 0.3) is 0 Å². The minimum Gasteiger partial charge on any atom is -0.473 e. The number of H-pyrrole nitrogens is 1. The summed E-state index contributed by atoms with van der Waals surface area (Å²) in [5, 5.41) is 14.9. The Labute approximate surface area is 153 Å². The highest BCUT2D eigenvalue weighted by atomic mass is 32.2. The van der Waals surface area contributed by atoms with Crippen LogP contribution >= 0.6 is 0 Å². The molecular weight excluding hydrogens is 354 g/mol. The highest BCUT2D eigenvalue weighted by Crippen LogP contribution is 2.41. The van der Waals surface area contributed by atoms with Crippen molar-refractivity contribution in [2.45, 2.75) is 69.5 Å². The maximum Gasteiger partial charge on any atom is 0.247 e. The Hall–Kier alpha value is -2.00. The molecule has 26 heavy (non-hydrogen) atoms. The van der Waals surface area contributed by atoms with Crippen LogP contribution in [0.4, 0.5) is 0 Å². The van der Waals surface area contributed by atoms with E-state index >= 15 is 0 Å². The van der Waals surface area contributed by atoms with Gasteiger partial charge >= 0.3 is 0 Å². The maximum absolute atomic E-state index is 13.3. The lowest BCUT2D eigenvalue weighted by atomic mass is 10.0. The minimum absolute atomic E-state index is 0.0394. The summed E-state index contributed by atoms with van der Waals surface area (Å²) in [6.45, 7) is 5.35. The van der Waals surface area contributed by atoms with Crippen LogP contribution in [0.5, 0.6) is 5.88 Å². The van der Waals surface area contributed by atoms with Crippen molar-refractivity contribution in [2.24, 2.45) is 0 Å². The fourth-order valence-corrected chi connectivity index (χ4v) is 6.45. The van der Waals surface area contributed by atoms with Crippen LogP contribution in [-0.2, 0) is 10.0 Å². The molecule has 1 N–H and O–H groups in total. The Morgan fingerprint density at radius 2 is 1.81 bits per heavy atom. The van der Waals surface area contributed by atoms with Gasteiger partial charge in [0, 0.05) is 31.0 Å². The van der Waals surface area contributed by atoms with E-state index in [1.54, 1.807) is 18.2 Å². The van der Waals surface area contributed by atoms with Gasteiger partial charge in [0.05, 0.1) is 17.1 Å². The molecule has 4 rings (SSSR count). The molecule has 0 aliphatic carbocycles. The number of aromatic amines is 1. The van der Waals surface area contributed by atoms with E-state index in [-0.39, 0.29) is 18.2 Å². The predicted molar refractivity (Wildman–Crippen MR) is 94.3 cm³/mol. The molecule has 8 nitrogen and oxygen atoms in total. The first-order chi connectivity index (χ1) is 12.4. The molecule has 3 atom stereocenters. The molecular formula is C17H23N5O3S. The van der Waals surface area contributed by atoms with Gasteiger partial charge in [0.1, 0.15) is 11.0 Å². The van der Waals surface area contributed by atoms with E-state index in [2.05, 4.69) is 20.4 Å². The third-order valence-corrected chi connectivity index (χ3v) is 7.55. The number of fused-ring (bicyclic) bond motifs is 2. The molecule has 2 aliphatic heterocycles. The van der Waals surface area contributed by atoms with Crippen LogP contribution in [0.2, 0.25) is 0 Å². The number of hydrogen-bond acceptors (Lipinski definition) is 6. The summed E-state index contributed by atoms with van der Waals surface area (Å²) in [6.07, 6.45) is 3.02. The number of aromatic nitrogens is 4. The van der Waals surface area contributed by atoms with Crippen molar-refractivity contribution in [3.05, 3.63) is 29.2 Å². The standard InChI is InChI=1S/C17H23N5O3S/c1-10-4-7-16(21-18-10)25-15-8-13-5-6-14(9-15)22(13)26(23,24)17-11(2)19-20-12(17)3/h4,7,13-15H,5-6,8-9H2,1-3H3,(H,19,20)/t13-,14+,15?. The number of sulfonamides is 1. The Bertz CT molecular complexity index is 875. The highest BCUT2D eigenvalue weighted by molar-refractivity contribution is 7.89. The number of aryl methyl sites for hydroxylation is 3. The zero-order chi connectivity index (χ0) is 18.5. The van der Waals surface area contributed by atoms with Crippen LogP contribution in [0.3, 0.4) is 0 Å². The third kappa shape index (κ3) is 2.88. The van der Waals surface area contributed by atoms with Crippen LogP contribution in [0.1, 0.15) is 42.8 Å². The van der Waals surface area contributed by atoms with Gasteiger partial charge in [-0.1, -0.05) is 0 Å². The van der Waals surface area contributed by atoms with Gasteiger partial charge in [-0.05, 0) is 39.7 Å². The number of rotatable bonds is 4. The molecule has 0 aromatic carbocycles. The van der Waals surface area contributed by atoms with Gasteiger partial charge in [-0.15, -0.1) is 5.10 Å². The first kappa shape index (κ1) is 17.4. The number of ether oxygens (including phenoxy) is 1. The molecule has 2 fully saturated rings. The number of nitrogens with zero attached hydrogens (tertiary/aromatic N) is 4. The lowest BCUT2D eigenvalue weighted by Crippen LogP contribution is -2.49. The first-order valence-electron chi connectivity index (χ1n) is 8.88. The van der Waals surface area contributed by atoms with Gasteiger partial charge in [0.2, 0.25) is 15.9 Å². The smallest absolute Gasteiger partial charge is 0.247 e. The van der Waals surface area contributed by atoms with Gasteiger partial charge in [0.15, 0.2) is 0 Å². The molecule has 0 spiro atoms. The first-order valence-corrected chi connectivity index (χ1v) is 10.3. The fraction of sp³-hybridized carbons (Fsp3) is 0.588. The third-order valence-electron chi connectivity index (χ3n) is 5.28. The van der Waals surface area contributed by atoms with E-state index in [1.807, 2.05) is 19.1 Å². The normalized spacial score (nSPS) is 26.2. The lowest BCUT2D eigenvalue weighted by Gasteiger charge is -2.37. The molecule has 2 aromatic rings. The minimum atomic E-state index is -3.56. The topological polar surface area (TPSA) is 101 Å². The van der Waals surface area contributed by atoms with E-state index in [9.17, 15) is 8.42 Å². The predicted octanol–water partition coefficient (Wildman–Crippen LogP) is 1.89. The molecule has 0 saturated carbocycles. The molecule has 2 aromatic heterocycles. The largest absolute Gasteiger partial charge is 0.473 e. The zero-order valence-electron chi connectivity index (χ0n) is 15.1. The Kier molecular flexibility index (Phi) is 4.23. The molecule has 0 amide bonds. The summed E-state index contributed by atoms with van der Waals surface area (Å²) in [5.41, 5.74) is 1.95. The highest BCUT2D eigenvalue weighted by Gasteiger charge is 2.49. The summed E-state index contributed by atoms with van der Waals surface area (Å²) >= 11 is 0. The molecule has 0 radical (unpaired) electrons. The summed E-state index contributed by atoms with van der Waals surface area (Å²) in [6, 6.07) is 3.58. The number of nitrogens with one attached hydrogen (secondary N) is 1. The fourth-order valence-electron chi connectivity index (χ4n) is 4.22. The van der Waals surface area contributed by atoms with E-state index < -0.39 is 10.0 Å². The van der Waals surface area contributed by atoms with E-state index in [0.717, 1.165) is 18.5 Å². The molecule has 2 saturated heterocycles. The molecule has 4 heterocycles. The van der Waals surface area contributed by atoms with Crippen LogP contribution in [-0.4, -0.2) is 51.3 Å². The van der Waals surface area contributed by atoms with E-state index in [4.69, 9.17) is 4.74 Å². The number of piperidine rings is 1. The van der Waals surface area contributed by atoms with Crippen molar-refractivity contribution >= 4 is 10.0 Å². The lowest BCUT2D eigenvalue weighted by molar-refractivity contribution is 0.0908. The van der Waals surface area contributed by atoms with Gasteiger partial charge in [-0.2, -0.15) is 14.5 Å². The van der Waals surface area contributed by atoms with E-state index in [0.29, 0.717) is 35.0 Å². The average molecular weight is 377 g/mol. The van der Waals surface area contributed by atoms with Crippen molar-refractivity contribution in [1.29, 1.82) is 0 Å². The molecule has 2 aliphatic rings. The van der Waals surface area contributed by atoms with Crippen molar-refractivity contribution < 1.29 is 13.2 Å².